The summed E-state index contributed by atoms with van der Waals surface area (Å²) in [4.78, 5) is 21.2. The molecule has 0 saturated carbocycles. The molecule has 0 aromatic heterocycles. The van der Waals surface area contributed by atoms with Gasteiger partial charge in [-0.3, -0.25) is 10.1 Å². The third-order valence-corrected chi connectivity index (χ3v) is 2.96. The highest BCUT2D eigenvalue weighted by molar-refractivity contribution is 6.33. The van der Waals surface area contributed by atoms with Crippen molar-refractivity contribution in [2.75, 3.05) is 5.32 Å². The van der Waals surface area contributed by atoms with Crippen molar-refractivity contribution in [3.8, 4) is 0 Å². The topological polar surface area (TPSA) is 92.5 Å². The number of halogens is 2. The number of carbonyl (C=O) groups is 1. The molecular formula is C13H8ClFN2O4. The normalized spacial score (nSPS) is 10.2. The summed E-state index contributed by atoms with van der Waals surface area (Å²) in [6, 6.07) is 6.91. The molecule has 21 heavy (non-hydrogen) atoms. The Hall–Kier alpha value is -2.67. The second-order valence-corrected chi connectivity index (χ2v) is 4.45. The van der Waals surface area contributed by atoms with Crippen LogP contribution in [0.3, 0.4) is 0 Å². The fraction of sp³-hybridized carbons (Fsp3) is 0. The zero-order chi connectivity index (χ0) is 15.6. The highest BCUT2D eigenvalue weighted by atomic mass is 35.5. The van der Waals surface area contributed by atoms with Crippen LogP contribution in [0.1, 0.15) is 10.4 Å². The predicted octanol–water partition coefficient (Wildman–Crippen LogP) is 3.83. The van der Waals surface area contributed by atoms with Crippen molar-refractivity contribution in [2.45, 2.75) is 0 Å². The molecule has 0 aliphatic heterocycles. The van der Waals surface area contributed by atoms with Crippen LogP contribution in [0, 0.1) is 15.9 Å². The van der Waals surface area contributed by atoms with Crippen molar-refractivity contribution in [3.63, 3.8) is 0 Å². The van der Waals surface area contributed by atoms with E-state index < -0.39 is 16.7 Å². The molecule has 6 nitrogen and oxygen atoms in total. The van der Waals surface area contributed by atoms with Crippen LogP contribution in [0.15, 0.2) is 36.4 Å². The van der Waals surface area contributed by atoms with Crippen molar-refractivity contribution < 1.29 is 19.2 Å². The van der Waals surface area contributed by atoms with Gasteiger partial charge in [0.25, 0.3) is 5.69 Å². The molecule has 2 rings (SSSR count). The summed E-state index contributed by atoms with van der Waals surface area (Å²) >= 11 is 5.72. The molecule has 0 aliphatic rings. The SMILES string of the molecule is O=C(O)c1cc(Nc2cc(F)ccc2[N+](=O)[O-])ccc1Cl. The summed E-state index contributed by atoms with van der Waals surface area (Å²) in [6.45, 7) is 0. The van der Waals surface area contributed by atoms with Crippen molar-refractivity contribution in [1.29, 1.82) is 0 Å². The largest absolute Gasteiger partial charge is 0.478 e. The Bertz CT molecular complexity index is 736. The molecule has 0 spiro atoms. The Balaban J connectivity index is 2.43. The van der Waals surface area contributed by atoms with Gasteiger partial charge in [-0.25, -0.2) is 9.18 Å². The number of hydrogen-bond donors (Lipinski definition) is 2. The number of hydrogen-bond acceptors (Lipinski definition) is 4. The summed E-state index contributed by atoms with van der Waals surface area (Å²) in [7, 11) is 0. The van der Waals surface area contributed by atoms with E-state index in [-0.39, 0.29) is 27.6 Å². The van der Waals surface area contributed by atoms with Crippen LogP contribution in [0.5, 0.6) is 0 Å². The maximum atomic E-state index is 13.2. The van der Waals surface area contributed by atoms with E-state index in [4.69, 9.17) is 16.7 Å². The standard InChI is InChI=1S/C13H8ClFN2O4/c14-10-3-2-8(6-9(10)13(18)19)16-11-5-7(15)1-4-12(11)17(20)21/h1-6,16H,(H,18,19). The number of benzene rings is 2. The van der Waals surface area contributed by atoms with Gasteiger partial charge in [-0.05, 0) is 24.3 Å². The van der Waals surface area contributed by atoms with E-state index in [2.05, 4.69) is 5.32 Å². The maximum Gasteiger partial charge on any atom is 0.337 e. The van der Waals surface area contributed by atoms with Crippen LogP contribution < -0.4 is 5.32 Å². The van der Waals surface area contributed by atoms with E-state index in [1.165, 1.54) is 18.2 Å². The summed E-state index contributed by atoms with van der Waals surface area (Å²) in [5.41, 5.74) is -0.340. The molecule has 108 valence electrons. The summed E-state index contributed by atoms with van der Waals surface area (Å²) < 4.78 is 13.2. The highest BCUT2D eigenvalue weighted by Crippen LogP contribution is 2.29. The van der Waals surface area contributed by atoms with Crippen molar-refractivity contribution in [1.82, 2.24) is 0 Å². The first-order valence-electron chi connectivity index (χ1n) is 5.62. The van der Waals surface area contributed by atoms with E-state index in [0.29, 0.717) is 0 Å². The monoisotopic (exact) mass is 310 g/mol. The number of nitro groups is 1. The minimum Gasteiger partial charge on any atom is -0.478 e. The lowest BCUT2D eigenvalue weighted by Gasteiger charge is -2.09. The van der Waals surface area contributed by atoms with Gasteiger partial charge in [0.05, 0.1) is 15.5 Å². The summed E-state index contributed by atoms with van der Waals surface area (Å²) in [5, 5.41) is 22.5. The zero-order valence-electron chi connectivity index (χ0n) is 10.3. The first-order chi connectivity index (χ1) is 9.88. The number of nitrogens with zero attached hydrogens (tertiary/aromatic N) is 1. The van der Waals surface area contributed by atoms with Crippen LogP contribution in [0.2, 0.25) is 5.02 Å². The minimum absolute atomic E-state index is 0.0294. The second kappa shape index (κ2) is 5.76. The number of anilines is 2. The molecule has 0 aliphatic carbocycles. The molecule has 8 heteroatoms. The lowest BCUT2D eigenvalue weighted by atomic mass is 10.2. The average Bonchev–Trinajstić information content (AvgIpc) is 2.40. The van der Waals surface area contributed by atoms with Gasteiger partial charge < -0.3 is 10.4 Å². The van der Waals surface area contributed by atoms with E-state index in [9.17, 15) is 19.3 Å². The number of carboxylic acids is 1. The molecule has 0 radical (unpaired) electrons. The van der Waals surface area contributed by atoms with Gasteiger partial charge in [0.2, 0.25) is 0 Å². The van der Waals surface area contributed by atoms with Gasteiger partial charge in [0, 0.05) is 17.8 Å². The number of carboxylic acid groups (broad SMARTS) is 1. The third kappa shape index (κ3) is 3.26. The van der Waals surface area contributed by atoms with Gasteiger partial charge in [-0.2, -0.15) is 0 Å². The molecule has 0 heterocycles. The maximum absolute atomic E-state index is 13.2. The van der Waals surface area contributed by atoms with E-state index in [1.807, 2.05) is 0 Å². The van der Waals surface area contributed by atoms with Gasteiger partial charge in [0.15, 0.2) is 0 Å². The molecule has 0 atom stereocenters. The predicted molar refractivity (Wildman–Crippen MR) is 74.7 cm³/mol. The number of nitro benzene ring substituents is 1. The van der Waals surface area contributed by atoms with Crippen molar-refractivity contribution >= 4 is 34.6 Å². The van der Waals surface area contributed by atoms with Gasteiger partial charge in [-0.1, -0.05) is 11.6 Å². The lowest BCUT2D eigenvalue weighted by molar-refractivity contribution is -0.384. The van der Waals surface area contributed by atoms with Crippen LogP contribution in [-0.2, 0) is 0 Å². The molecular weight excluding hydrogens is 303 g/mol. The Labute approximate surface area is 122 Å². The average molecular weight is 311 g/mol. The van der Waals surface area contributed by atoms with E-state index >= 15 is 0 Å². The fourth-order valence-electron chi connectivity index (χ4n) is 1.69. The summed E-state index contributed by atoms with van der Waals surface area (Å²) in [6.07, 6.45) is 0. The smallest absolute Gasteiger partial charge is 0.337 e. The third-order valence-electron chi connectivity index (χ3n) is 2.63. The zero-order valence-corrected chi connectivity index (χ0v) is 11.1. The number of aromatic carboxylic acids is 1. The fourth-order valence-corrected chi connectivity index (χ4v) is 1.89. The Kier molecular flexibility index (Phi) is 4.04. The molecule has 2 aromatic rings. The molecule has 0 fully saturated rings. The van der Waals surface area contributed by atoms with Crippen molar-refractivity contribution in [2.24, 2.45) is 0 Å². The van der Waals surface area contributed by atoms with E-state index in [1.54, 1.807) is 0 Å². The quantitative estimate of drug-likeness (QED) is 0.661. The van der Waals surface area contributed by atoms with Crippen LogP contribution >= 0.6 is 11.6 Å². The lowest BCUT2D eigenvalue weighted by Crippen LogP contribution is -2.01. The Morgan fingerprint density at radius 3 is 2.62 bits per heavy atom. The van der Waals surface area contributed by atoms with Gasteiger partial charge in [0.1, 0.15) is 11.5 Å². The van der Waals surface area contributed by atoms with Crippen LogP contribution in [-0.4, -0.2) is 16.0 Å². The van der Waals surface area contributed by atoms with Crippen molar-refractivity contribution in [3.05, 3.63) is 62.9 Å². The Morgan fingerprint density at radius 2 is 2.00 bits per heavy atom. The first-order valence-corrected chi connectivity index (χ1v) is 6.00. The summed E-state index contributed by atoms with van der Waals surface area (Å²) in [5.74, 6) is -1.90. The van der Waals surface area contributed by atoms with E-state index in [0.717, 1.165) is 18.2 Å². The minimum atomic E-state index is -1.24. The van der Waals surface area contributed by atoms with Gasteiger partial charge >= 0.3 is 5.97 Å². The van der Waals surface area contributed by atoms with Gasteiger partial charge in [-0.15, -0.1) is 0 Å². The second-order valence-electron chi connectivity index (χ2n) is 4.04. The molecule has 0 saturated heterocycles. The molecule has 0 unspecified atom stereocenters. The van der Waals surface area contributed by atoms with Crippen LogP contribution in [0.4, 0.5) is 21.5 Å². The molecule has 2 aromatic carbocycles. The molecule has 0 amide bonds. The highest BCUT2D eigenvalue weighted by Gasteiger charge is 2.16. The van der Waals surface area contributed by atoms with Crippen LogP contribution in [0.25, 0.3) is 0 Å². The number of nitrogens with one attached hydrogen (secondary N) is 1. The molecule has 2 N–H and O–H groups in total. The first kappa shape index (κ1) is 14.7. The number of rotatable bonds is 4. The molecule has 0 bridgehead atoms. The Morgan fingerprint density at radius 1 is 1.29 bits per heavy atom.